The van der Waals surface area contributed by atoms with Gasteiger partial charge >= 0.3 is 0 Å². The summed E-state index contributed by atoms with van der Waals surface area (Å²) < 4.78 is 5.45. The highest BCUT2D eigenvalue weighted by atomic mass is 16.5. The summed E-state index contributed by atoms with van der Waals surface area (Å²) in [5.41, 5.74) is 6.93. The van der Waals surface area contributed by atoms with Crippen LogP contribution in [0.25, 0.3) is 0 Å². The molecule has 0 radical (unpaired) electrons. The molecule has 1 aromatic carbocycles. The number of nitrogen functional groups attached to an aromatic ring is 1. The molecule has 1 atom stereocenters. The first-order chi connectivity index (χ1) is 6.68. The number of amides is 1. The van der Waals surface area contributed by atoms with Gasteiger partial charge in [-0.1, -0.05) is 13.0 Å². The maximum atomic E-state index is 11.5. The number of nitrogens with one attached hydrogen (secondary N) is 1. The normalized spacial score (nSPS) is 20.4. The second-order valence-electron chi connectivity index (χ2n) is 3.43. The fourth-order valence-electron chi connectivity index (χ4n) is 1.35. The van der Waals surface area contributed by atoms with E-state index in [4.69, 9.17) is 10.5 Å². The van der Waals surface area contributed by atoms with Gasteiger partial charge in [0, 0.05) is 0 Å². The lowest BCUT2D eigenvalue weighted by atomic mass is 10.2. The molecule has 0 bridgehead atoms. The number of benzene rings is 1. The van der Waals surface area contributed by atoms with Crippen molar-refractivity contribution in [3.63, 3.8) is 0 Å². The molecule has 74 valence electrons. The molecule has 0 fully saturated rings. The SMILES string of the molecule is CC1COc2c(N)cccc2NC1=O. The van der Waals surface area contributed by atoms with Gasteiger partial charge in [0.1, 0.15) is 0 Å². The summed E-state index contributed by atoms with van der Waals surface area (Å²) in [6, 6.07) is 5.32. The molecule has 4 heteroatoms. The quantitative estimate of drug-likeness (QED) is 0.608. The predicted molar refractivity (Wildman–Crippen MR) is 54.1 cm³/mol. The molecule has 0 aliphatic carbocycles. The number of carbonyl (C=O) groups excluding carboxylic acids is 1. The third kappa shape index (κ3) is 1.39. The van der Waals surface area contributed by atoms with Gasteiger partial charge in [-0.25, -0.2) is 0 Å². The number of hydrogen-bond acceptors (Lipinski definition) is 3. The molecule has 0 saturated carbocycles. The molecule has 2 rings (SSSR count). The standard InChI is InChI=1S/C10H12N2O2/c1-6-5-14-9-7(11)3-2-4-8(9)12-10(6)13/h2-4,6H,5,11H2,1H3,(H,12,13). The van der Waals surface area contributed by atoms with Crippen molar-refractivity contribution in [2.45, 2.75) is 6.92 Å². The first kappa shape index (κ1) is 8.87. The summed E-state index contributed by atoms with van der Waals surface area (Å²) in [5.74, 6) is 0.390. The Labute approximate surface area is 82.1 Å². The average molecular weight is 192 g/mol. The molecular weight excluding hydrogens is 180 g/mol. The van der Waals surface area contributed by atoms with E-state index in [1.54, 1.807) is 18.2 Å². The second kappa shape index (κ2) is 3.21. The zero-order valence-corrected chi connectivity index (χ0v) is 7.91. The van der Waals surface area contributed by atoms with Crippen molar-refractivity contribution < 1.29 is 9.53 Å². The third-order valence-electron chi connectivity index (χ3n) is 2.23. The minimum atomic E-state index is -0.151. The average Bonchev–Trinajstić information content (AvgIpc) is 2.29. The number of hydrogen-bond donors (Lipinski definition) is 2. The van der Waals surface area contributed by atoms with Crippen molar-refractivity contribution in [1.82, 2.24) is 0 Å². The zero-order chi connectivity index (χ0) is 10.1. The number of nitrogens with two attached hydrogens (primary N) is 1. The van der Waals surface area contributed by atoms with Crippen molar-refractivity contribution in [3.05, 3.63) is 18.2 Å². The molecule has 1 amide bonds. The molecule has 0 saturated heterocycles. The van der Waals surface area contributed by atoms with Gasteiger partial charge in [0.25, 0.3) is 0 Å². The van der Waals surface area contributed by atoms with E-state index in [-0.39, 0.29) is 11.8 Å². The fourth-order valence-corrected chi connectivity index (χ4v) is 1.35. The van der Waals surface area contributed by atoms with Gasteiger partial charge in [-0.15, -0.1) is 0 Å². The largest absolute Gasteiger partial charge is 0.488 e. The Bertz CT molecular complexity index is 376. The number of anilines is 2. The maximum absolute atomic E-state index is 11.5. The van der Waals surface area contributed by atoms with Crippen molar-refractivity contribution in [1.29, 1.82) is 0 Å². The Morgan fingerprint density at radius 3 is 3.14 bits per heavy atom. The summed E-state index contributed by atoms with van der Waals surface area (Å²) in [7, 11) is 0. The Morgan fingerprint density at radius 2 is 2.36 bits per heavy atom. The predicted octanol–water partition coefficient (Wildman–Crippen LogP) is 1.24. The molecule has 1 unspecified atom stereocenters. The van der Waals surface area contributed by atoms with Gasteiger partial charge in [0.2, 0.25) is 5.91 Å². The zero-order valence-electron chi connectivity index (χ0n) is 7.91. The molecule has 3 N–H and O–H groups in total. The first-order valence-corrected chi connectivity index (χ1v) is 4.50. The van der Waals surface area contributed by atoms with Gasteiger partial charge in [0.15, 0.2) is 5.75 Å². The lowest BCUT2D eigenvalue weighted by molar-refractivity contribution is -0.119. The second-order valence-corrected chi connectivity index (χ2v) is 3.43. The summed E-state index contributed by atoms with van der Waals surface area (Å²) in [6.07, 6.45) is 0. The lowest BCUT2D eigenvalue weighted by Gasteiger charge is -2.08. The molecule has 1 heterocycles. The number of ether oxygens (including phenoxy) is 1. The fraction of sp³-hybridized carbons (Fsp3) is 0.300. The van der Waals surface area contributed by atoms with E-state index in [9.17, 15) is 4.79 Å². The highest BCUT2D eigenvalue weighted by Gasteiger charge is 2.21. The van der Waals surface area contributed by atoms with Crippen LogP contribution in [0, 0.1) is 5.92 Å². The third-order valence-corrected chi connectivity index (χ3v) is 2.23. The van der Waals surface area contributed by atoms with E-state index < -0.39 is 0 Å². The van der Waals surface area contributed by atoms with Crippen LogP contribution in [0.15, 0.2) is 18.2 Å². The van der Waals surface area contributed by atoms with E-state index in [2.05, 4.69) is 5.32 Å². The molecule has 14 heavy (non-hydrogen) atoms. The van der Waals surface area contributed by atoms with Crippen LogP contribution in [0.5, 0.6) is 5.75 Å². The lowest BCUT2D eigenvalue weighted by Crippen LogP contribution is -2.21. The van der Waals surface area contributed by atoms with Crippen LogP contribution < -0.4 is 15.8 Å². The van der Waals surface area contributed by atoms with E-state index in [0.717, 1.165) is 0 Å². The minimum absolute atomic E-state index is 0.0330. The van der Waals surface area contributed by atoms with Crippen LogP contribution in [-0.2, 0) is 4.79 Å². The van der Waals surface area contributed by atoms with Crippen LogP contribution in [-0.4, -0.2) is 12.5 Å². The number of para-hydroxylation sites is 1. The van der Waals surface area contributed by atoms with Crippen molar-refractivity contribution in [2.24, 2.45) is 5.92 Å². The number of carbonyl (C=O) groups is 1. The van der Waals surface area contributed by atoms with Gasteiger partial charge in [-0.3, -0.25) is 4.79 Å². The van der Waals surface area contributed by atoms with Gasteiger partial charge in [-0.05, 0) is 12.1 Å². The summed E-state index contributed by atoms with van der Waals surface area (Å²) >= 11 is 0. The topological polar surface area (TPSA) is 64.3 Å². The van der Waals surface area contributed by atoms with E-state index in [1.807, 2.05) is 6.92 Å². The van der Waals surface area contributed by atoms with Gasteiger partial charge in [-0.2, -0.15) is 0 Å². The molecule has 1 aliphatic heterocycles. The monoisotopic (exact) mass is 192 g/mol. The van der Waals surface area contributed by atoms with Crippen LogP contribution in [0.1, 0.15) is 6.92 Å². The van der Waals surface area contributed by atoms with Crippen molar-refractivity contribution >= 4 is 17.3 Å². The van der Waals surface area contributed by atoms with Crippen LogP contribution in [0.2, 0.25) is 0 Å². The smallest absolute Gasteiger partial charge is 0.230 e. The maximum Gasteiger partial charge on any atom is 0.230 e. The number of rotatable bonds is 0. The Morgan fingerprint density at radius 1 is 1.57 bits per heavy atom. The van der Waals surface area contributed by atoms with E-state index in [0.29, 0.717) is 23.7 Å². The Kier molecular flexibility index (Phi) is 2.04. The number of fused-ring (bicyclic) bond motifs is 1. The molecule has 0 spiro atoms. The molecule has 1 aromatic rings. The highest BCUT2D eigenvalue weighted by Crippen LogP contribution is 2.33. The van der Waals surface area contributed by atoms with Crippen molar-refractivity contribution in [2.75, 3.05) is 17.7 Å². The Balaban J connectivity index is 2.42. The van der Waals surface area contributed by atoms with Crippen LogP contribution in [0.3, 0.4) is 0 Å². The van der Waals surface area contributed by atoms with Crippen LogP contribution in [0.4, 0.5) is 11.4 Å². The molecule has 0 aromatic heterocycles. The Hall–Kier alpha value is -1.71. The summed E-state index contributed by atoms with van der Waals surface area (Å²) in [4.78, 5) is 11.5. The summed E-state index contributed by atoms with van der Waals surface area (Å²) in [5, 5.41) is 2.77. The minimum Gasteiger partial charge on any atom is -0.488 e. The molecule has 1 aliphatic rings. The first-order valence-electron chi connectivity index (χ1n) is 4.50. The summed E-state index contributed by atoms with van der Waals surface area (Å²) in [6.45, 7) is 2.18. The molecular formula is C10H12N2O2. The molecule has 4 nitrogen and oxygen atoms in total. The van der Waals surface area contributed by atoms with E-state index >= 15 is 0 Å². The highest BCUT2D eigenvalue weighted by molar-refractivity contribution is 5.95. The van der Waals surface area contributed by atoms with E-state index in [1.165, 1.54) is 0 Å². The van der Waals surface area contributed by atoms with Gasteiger partial charge < -0.3 is 15.8 Å². The van der Waals surface area contributed by atoms with Gasteiger partial charge in [0.05, 0.1) is 23.9 Å². The van der Waals surface area contributed by atoms with Crippen LogP contribution >= 0.6 is 0 Å². The van der Waals surface area contributed by atoms with Crippen molar-refractivity contribution in [3.8, 4) is 5.75 Å².